The zero-order chi connectivity index (χ0) is 24.7. The minimum Gasteiger partial charge on any atom is -0.469 e. The summed E-state index contributed by atoms with van der Waals surface area (Å²) in [5.74, 6) is 3.66. The van der Waals surface area contributed by atoms with Crippen LogP contribution < -0.4 is 0 Å². The maximum absolute atomic E-state index is 11.7. The molecule has 34 heavy (non-hydrogen) atoms. The summed E-state index contributed by atoms with van der Waals surface area (Å²) in [7, 11) is 5.70. The number of methoxy groups -OCH3 is 1. The molecule has 0 bridgehead atoms. The van der Waals surface area contributed by atoms with Crippen molar-refractivity contribution in [3.63, 3.8) is 0 Å². The number of likely N-dealkylation sites (N-methyl/N-ethyl adjacent to an activating group) is 1. The van der Waals surface area contributed by atoms with Gasteiger partial charge in [0.15, 0.2) is 0 Å². The van der Waals surface area contributed by atoms with E-state index in [9.17, 15) is 9.90 Å². The van der Waals surface area contributed by atoms with Crippen molar-refractivity contribution < 1.29 is 14.6 Å². The zero-order valence-electron chi connectivity index (χ0n) is 22.7. The average Bonchev–Trinajstić information content (AvgIpc) is 3.15. The molecule has 4 unspecified atom stereocenters. The van der Waals surface area contributed by atoms with Gasteiger partial charge in [-0.2, -0.15) is 0 Å². The summed E-state index contributed by atoms with van der Waals surface area (Å²) in [5, 5.41) is 11.5. The Kier molecular flexibility index (Phi) is 7.84. The third kappa shape index (κ3) is 4.73. The van der Waals surface area contributed by atoms with Crippen LogP contribution in [-0.2, 0) is 9.53 Å². The van der Waals surface area contributed by atoms with Gasteiger partial charge in [0.2, 0.25) is 0 Å². The van der Waals surface area contributed by atoms with Gasteiger partial charge in [-0.3, -0.25) is 9.79 Å². The number of carbonyl (C=O) groups excluding carboxylic acids is 1. The monoisotopic (exact) mass is 474 g/mol. The van der Waals surface area contributed by atoms with E-state index >= 15 is 0 Å². The van der Waals surface area contributed by atoms with Crippen LogP contribution in [0.4, 0.5) is 0 Å². The van der Waals surface area contributed by atoms with Crippen LogP contribution in [0.5, 0.6) is 0 Å². The van der Waals surface area contributed by atoms with Gasteiger partial charge in [-0.25, -0.2) is 0 Å². The highest BCUT2D eigenvalue weighted by Gasteiger charge is 2.62. The first-order chi connectivity index (χ1) is 16.1. The Labute approximate surface area is 208 Å². The first-order valence-corrected chi connectivity index (χ1v) is 14.0. The van der Waals surface area contributed by atoms with Crippen LogP contribution in [0.3, 0.4) is 0 Å². The predicted octanol–water partition coefficient (Wildman–Crippen LogP) is 5.21. The smallest absolute Gasteiger partial charge is 0.305 e. The highest BCUT2D eigenvalue weighted by atomic mass is 16.5. The van der Waals surface area contributed by atoms with Gasteiger partial charge in [0.1, 0.15) is 0 Å². The second-order valence-electron chi connectivity index (χ2n) is 13.1. The minimum absolute atomic E-state index is 0.0773. The molecule has 5 heteroatoms. The van der Waals surface area contributed by atoms with E-state index in [-0.39, 0.29) is 17.5 Å². The van der Waals surface area contributed by atoms with Gasteiger partial charge in [-0.15, -0.1) is 0 Å². The van der Waals surface area contributed by atoms with Gasteiger partial charge >= 0.3 is 5.97 Å². The van der Waals surface area contributed by atoms with E-state index in [0.717, 1.165) is 50.6 Å². The molecule has 0 saturated heterocycles. The number of esters is 1. The first-order valence-electron chi connectivity index (χ1n) is 14.0. The fourth-order valence-electron chi connectivity index (χ4n) is 9.28. The predicted molar refractivity (Wildman–Crippen MR) is 138 cm³/mol. The third-order valence-corrected chi connectivity index (χ3v) is 11.2. The maximum atomic E-state index is 11.7. The molecule has 4 aliphatic rings. The summed E-state index contributed by atoms with van der Waals surface area (Å²) < 4.78 is 4.90. The van der Waals surface area contributed by atoms with Crippen LogP contribution in [0.15, 0.2) is 4.99 Å². The van der Waals surface area contributed by atoms with Crippen molar-refractivity contribution in [1.82, 2.24) is 4.90 Å². The summed E-state index contributed by atoms with van der Waals surface area (Å²) in [6.45, 7) is 9.31. The van der Waals surface area contributed by atoms with Crippen molar-refractivity contribution in [3.8, 4) is 0 Å². The van der Waals surface area contributed by atoms with Gasteiger partial charge < -0.3 is 14.7 Å². The molecule has 0 aromatic carbocycles. The molecule has 0 heterocycles. The molecular weight excluding hydrogens is 424 g/mol. The van der Waals surface area contributed by atoms with E-state index in [0.29, 0.717) is 35.5 Å². The standard InChI is InChI=1S/C29H50N2O3/c1-19(7-10-27(33)34-6)22-8-9-23-21-18-26(32)25-17-20(30-15-16-31(4)5)11-13-29(25,3)24(21)12-14-28(22,23)2/h19,21-26,32H,7-18H2,1-6H3/t19-,21?,22-,23?,24?,25?,26+,28-,29-/m1/s1. The van der Waals surface area contributed by atoms with Gasteiger partial charge in [0.25, 0.3) is 0 Å². The number of aliphatic hydroxyl groups is 1. The van der Waals surface area contributed by atoms with E-state index < -0.39 is 0 Å². The topological polar surface area (TPSA) is 62.1 Å². The lowest BCUT2D eigenvalue weighted by Crippen LogP contribution is -2.58. The number of aliphatic imine (C=N–C) groups is 1. The lowest BCUT2D eigenvalue weighted by atomic mass is 9.44. The molecule has 1 N–H and O–H groups in total. The molecule has 4 fully saturated rings. The van der Waals surface area contributed by atoms with Crippen LogP contribution in [0, 0.1) is 46.3 Å². The van der Waals surface area contributed by atoms with Gasteiger partial charge in [0, 0.05) is 18.7 Å². The Bertz CT molecular complexity index is 766. The fourth-order valence-corrected chi connectivity index (χ4v) is 9.28. The van der Waals surface area contributed by atoms with Crippen LogP contribution >= 0.6 is 0 Å². The van der Waals surface area contributed by atoms with Crippen molar-refractivity contribution >= 4 is 11.7 Å². The van der Waals surface area contributed by atoms with E-state index in [1.54, 1.807) is 0 Å². The lowest BCUT2D eigenvalue weighted by molar-refractivity contribution is -0.150. The van der Waals surface area contributed by atoms with Crippen molar-refractivity contribution in [2.75, 3.05) is 34.3 Å². The van der Waals surface area contributed by atoms with Gasteiger partial charge in [-0.05, 0) is 118 Å². The maximum Gasteiger partial charge on any atom is 0.305 e. The molecule has 0 aliphatic heterocycles. The molecule has 9 atom stereocenters. The second kappa shape index (κ2) is 10.2. The van der Waals surface area contributed by atoms with Crippen LogP contribution in [0.1, 0.15) is 85.0 Å². The second-order valence-corrected chi connectivity index (χ2v) is 13.1. The van der Waals surface area contributed by atoms with Crippen molar-refractivity contribution in [2.24, 2.45) is 51.3 Å². The van der Waals surface area contributed by atoms with E-state index in [1.807, 2.05) is 0 Å². The lowest BCUT2D eigenvalue weighted by Gasteiger charge is -2.62. The fraction of sp³-hybridized carbons (Fsp3) is 0.931. The molecule has 0 amide bonds. The summed E-state index contributed by atoms with van der Waals surface area (Å²) >= 11 is 0. The van der Waals surface area contributed by atoms with Gasteiger partial charge in [0.05, 0.1) is 19.8 Å². The molecule has 0 aromatic rings. The van der Waals surface area contributed by atoms with Crippen molar-refractivity contribution in [3.05, 3.63) is 0 Å². The number of aliphatic hydroxyl groups excluding tert-OH is 1. The molecule has 0 aromatic heterocycles. The SMILES string of the molecule is COC(=O)CC[C@@H](C)[C@H]1CCC2C3C[C@H](O)C4CC(=NCCN(C)C)CC[C@]4(C)C3CC[C@@]21C. The normalized spacial score (nSPS) is 43.8. The number of rotatable bonds is 7. The Balaban J connectivity index is 1.46. The summed E-state index contributed by atoms with van der Waals surface area (Å²) in [6, 6.07) is 0. The Morgan fingerprint density at radius 3 is 2.59 bits per heavy atom. The molecule has 4 rings (SSSR count). The number of fused-ring (bicyclic) bond motifs is 5. The highest BCUT2D eigenvalue weighted by molar-refractivity contribution is 5.85. The Morgan fingerprint density at radius 2 is 1.88 bits per heavy atom. The molecule has 4 aliphatic carbocycles. The zero-order valence-corrected chi connectivity index (χ0v) is 22.7. The number of hydrogen-bond acceptors (Lipinski definition) is 5. The Morgan fingerprint density at radius 1 is 1.15 bits per heavy atom. The number of ether oxygens (including phenoxy) is 1. The average molecular weight is 475 g/mol. The quantitative estimate of drug-likeness (QED) is 0.515. The van der Waals surface area contributed by atoms with Gasteiger partial charge in [-0.1, -0.05) is 20.8 Å². The molecule has 0 radical (unpaired) electrons. The molecule has 5 nitrogen and oxygen atoms in total. The van der Waals surface area contributed by atoms with Crippen molar-refractivity contribution in [1.29, 1.82) is 0 Å². The van der Waals surface area contributed by atoms with Crippen molar-refractivity contribution in [2.45, 2.75) is 91.1 Å². The number of hydrogen-bond donors (Lipinski definition) is 1. The third-order valence-electron chi connectivity index (χ3n) is 11.2. The highest BCUT2D eigenvalue weighted by Crippen LogP contribution is 2.68. The Hall–Kier alpha value is -0.940. The summed E-state index contributed by atoms with van der Waals surface area (Å²) in [5.41, 5.74) is 1.95. The molecular formula is C29H50N2O3. The number of nitrogens with zero attached hydrogens (tertiary/aromatic N) is 2. The number of carbonyl (C=O) groups is 1. The van der Waals surface area contributed by atoms with E-state index in [2.05, 4.69) is 39.8 Å². The molecule has 4 saturated carbocycles. The van der Waals surface area contributed by atoms with E-state index in [4.69, 9.17) is 9.73 Å². The van der Waals surface area contributed by atoms with E-state index in [1.165, 1.54) is 44.9 Å². The summed E-state index contributed by atoms with van der Waals surface area (Å²) in [4.78, 5) is 18.9. The first kappa shape index (κ1) is 26.1. The van der Waals surface area contributed by atoms with Crippen LogP contribution in [0.2, 0.25) is 0 Å². The largest absolute Gasteiger partial charge is 0.469 e. The molecule has 194 valence electrons. The van der Waals surface area contributed by atoms with Crippen LogP contribution in [-0.4, -0.2) is 62.1 Å². The minimum atomic E-state index is -0.191. The molecule has 0 spiro atoms. The summed E-state index contributed by atoms with van der Waals surface area (Å²) in [6.07, 6.45) is 10.8. The van der Waals surface area contributed by atoms with Crippen LogP contribution in [0.25, 0.3) is 0 Å².